The van der Waals surface area contributed by atoms with Crippen molar-refractivity contribution in [3.8, 4) is 0 Å². The summed E-state index contributed by atoms with van der Waals surface area (Å²) < 4.78 is 29.6. The largest absolute Gasteiger partial charge is 0.411 e. The summed E-state index contributed by atoms with van der Waals surface area (Å²) in [5.41, 5.74) is 7.28. The van der Waals surface area contributed by atoms with Gasteiger partial charge in [0.25, 0.3) is 17.6 Å². The Morgan fingerprint density at radius 3 is 1.76 bits per heavy atom. The summed E-state index contributed by atoms with van der Waals surface area (Å²) in [6, 6.07) is 18.8. The van der Waals surface area contributed by atoms with Crippen LogP contribution in [0.25, 0.3) is 0 Å². The number of carbonyl (C=O) groups is 3. The van der Waals surface area contributed by atoms with Crippen LogP contribution in [0, 0.1) is 0 Å². The van der Waals surface area contributed by atoms with Gasteiger partial charge in [0.15, 0.2) is 6.29 Å². The minimum Gasteiger partial charge on any atom is -0.411 e. The molecule has 9 N–H and O–H groups in total. The van der Waals surface area contributed by atoms with Crippen LogP contribution in [0.5, 0.6) is 0 Å². The zero-order chi connectivity index (χ0) is 35.0. The fourth-order valence-corrected chi connectivity index (χ4v) is 2.93. The smallest absolute Gasteiger partial charge is 0.394 e. The van der Waals surface area contributed by atoms with Crippen LogP contribution in [-0.2, 0) is 20.0 Å². The van der Waals surface area contributed by atoms with Crippen molar-refractivity contribution in [2.24, 2.45) is 5.16 Å². The first-order valence-electron chi connectivity index (χ1n) is 11.2. The summed E-state index contributed by atoms with van der Waals surface area (Å²) >= 11 is 31.8. The predicted octanol–water partition coefficient (Wildman–Crippen LogP) is 5.15. The molecule has 0 bridgehead atoms. The van der Waals surface area contributed by atoms with E-state index >= 15 is 0 Å². The van der Waals surface area contributed by atoms with E-state index in [2.05, 4.69) is 15.8 Å². The number of benzene rings is 3. The molecule has 0 saturated carbocycles. The molecule has 2 amide bonds. The van der Waals surface area contributed by atoms with Crippen molar-refractivity contribution < 1.29 is 47.3 Å². The number of aliphatic hydroxyl groups excluding tert-OH is 1. The number of halogens is 6. The molecule has 14 nitrogen and oxygen atoms in total. The second-order valence-electron chi connectivity index (χ2n) is 7.54. The lowest BCUT2D eigenvalue weighted by Crippen LogP contribution is -2.23. The van der Waals surface area contributed by atoms with E-state index in [0.717, 1.165) is 6.21 Å². The molecular weight excluding hydrogens is 749 g/mol. The third-order valence-corrected chi connectivity index (χ3v) is 5.78. The maximum absolute atomic E-state index is 11.1. The lowest BCUT2D eigenvalue weighted by molar-refractivity contribution is -0.112. The number of rotatable bonds is 2. The molecule has 1 aliphatic heterocycles. The fourth-order valence-electron chi connectivity index (χ4n) is 2.39. The lowest BCUT2D eigenvalue weighted by atomic mass is 10.1. The number of nitrogens with one attached hydrogen (secondary N) is 2. The number of hydrogen-bond acceptors (Lipinski definition) is 10. The molecule has 0 spiro atoms. The number of para-hydroxylation sites is 3. The van der Waals surface area contributed by atoms with Crippen molar-refractivity contribution in [2.45, 2.75) is 10.1 Å². The molecule has 0 fully saturated rings. The molecule has 0 aromatic heterocycles. The number of carbonyl (C=O) groups excluding carboxylic acids is 3. The summed E-state index contributed by atoms with van der Waals surface area (Å²) in [5, 5.41) is 33.0. The average Bonchev–Trinajstić information content (AvgIpc) is 3.21. The van der Waals surface area contributed by atoms with Crippen LogP contribution in [0.3, 0.4) is 0 Å². The number of nitrogen functional groups attached to an aromatic ring is 1. The maximum Gasteiger partial charge on any atom is 0.394 e. The van der Waals surface area contributed by atoms with Gasteiger partial charge in [-0.25, -0.2) is 0 Å². The van der Waals surface area contributed by atoms with Crippen molar-refractivity contribution in [3.63, 3.8) is 0 Å². The van der Waals surface area contributed by atoms with Gasteiger partial charge < -0.3 is 31.8 Å². The number of aliphatic hydroxyl groups is 2. The van der Waals surface area contributed by atoms with Gasteiger partial charge >= 0.3 is 10.4 Å². The SMILES string of the molecule is Nc1ccccc1Cl.O=C(/C=N\O)Nc1ccccc1Cl.O=C1Nc2c(Cl)cccc2C1=O.O=S(=O)(O)O.OC(O)C(Cl)(Cl)Cl. The van der Waals surface area contributed by atoms with E-state index in [4.69, 9.17) is 108 Å². The number of ketones is 1. The molecule has 0 atom stereocenters. The Balaban J connectivity index is 0.000000561. The molecule has 45 heavy (non-hydrogen) atoms. The van der Waals surface area contributed by atoms with Gasteiger partial charge in [-0.15, -0.1) is 0 Å². The zero-order valence-electron chi connectivity index (χ0n) is 22.0. The molecule has 21 heteroatoms. The molecular formula is C24H22Cl6N4O10S. The topological polar surface area (TPSA) is 249 Å². The molecule has 0 saturated heterocycles. The van der Waals surface area contributed by atoms with E-state index in [-0.39, 0.29) is 0 Å². The van der Waals surface area contributed by atoms with Crippen LogP contribution in [0.15, 0.2) is 71.9 Å². The van der Waals surface area contributed by atoms with Gasteiger partial charge in [-0.05, 0) is 36.4 Å². The average molecular weight is 771 g/mol. The minimum atomic E-state index is -4.67. The monoisotopic (exact) mass is 768 g/mol. The molecule has 4 rings (SSSR count). The minimum absolute atomic E-state index is 0.354. The van der Waals surface area contributed by atoms with E-state index in [0.29, 0.717) is 37.7 Å². The van der Waals surface area contributed by atoms with E-state index in [1.165, 1.54) is 0 Å². The van der Waals surface area contributed by atoms with Crippen LogP contribution in [-0.4, -0.2) is 66.8 Å². The molecule has 1 heterocycles. The molecule has 0 radical (unpaired) electrons. The summed E-state index contributed by atoms with van der Waals surface area (Å²) in [7, 11) is -4.67. The number of amides is 2. The highest BCUT2D eigenvalue weighted by Gasteiger charge is 2.29. The molecule has 0 aliphatic carbocycles. The number of oxime groups is 1. The predicted molar refractivity (Wildman–Crippen MR) is 173 cm³/mol. The van der Waals surface area contributed by atoms with Crippen LogP contribution in [0.2, 0.25) is 15.1 Å². The number of hydrogen-bond donors (Lipinski definition) is 8. The van der Waals surface area contributed by atoms with Crippen molar-refractivity contribution >= 4 is 121 Å². The highest BCUT2D eigenvalue weighted by molar-refractivity contribution is 7.79. The Hall–Kier alpha value is -2.93. The van der Waals surface area contributed by atoms with Crippen molar-refractivity contribution in [3.05, 3.63) is 87.4 Å². The van der Waals surface area contributed by atoms with Crippen LogP contribution >= 0.6 is 69.6 Å². The number of nitrogens with two attached hydrogens (primary N) is 1. The number of Topliss-reactive ketones (excluding diaryl/α,β-unsaturated/α-hetero) is 1. The van der Waals surface area contributed by atoms with Crippen molar-refractivity contribution in [1.29, 1.82) is 0 Å². The lowest BCUT2D eigenvalue weighted by Gasteiger charge is -2.10. The van der Waals surface area contributed by atoms with Gasteiger partial charge in [0.1, 0.15) is 6.21 Å². The van der Waals surface area contributed by atoms with Gasteiger partial charge in [-0.3, -0.25) is 23.5 Å². The van der Waals surface area contributed by atoms with Crippen molar-refractivity contribution in [2.75, 3.05) is 16.4 Å². The van der Waals surface area contributed by atoms with Gasteiger partial charge in [0.2, 0.25) is 3.79 Å². The Bertz CT molecular complexity index is 1560. The number of anilines is 3. The van der Waals surface area contributed by atoms with Crippen molar-refractivity contribution in [1.82, 2.24) is 0 Å². The first-order valence-corrected chi connectivity index (χ1v) is 14.8. The number of nitrogens with zero attached hydrogens (tertiary/aromatic N) is 1. The van der Waals surface area contributed by atoms with Gasteiger partial charge in [-0.2, -0.15) is 8.42 Å². The van der Waals surface area contributed by atoms with Crippen LogP contribution in [0.4, 0.5) is 17.1 Å². The highest BCUT2D eigenvalue weighted by Crippen LogP contribution is 2.30. The molecule has 246 valence electrons. The number of fused-ring (bicyclic) bond motifs is 1. The molecule has 3 aromatic rings. The van der Waals surface area contributed by atoms with E-state index < -0.39 is 38.1 Å². The Kier molecular flexibility index (Phi) is 18.9. The third kappa shape index (κ3) is 18.6. The quantitative estimate of drug-likeness (QED) is 0.0247. The summed E-state index contributed by atoms with van der Waals surface area (Å²) in [4.78, 5) is 32.8. The Morgan fingerprint density at radius 2 is 1.36 bits per heavy atom. The molecule has 0 unspecified atom stereocenters. The summed E-state index contributed by atoms with van der Waals surface area (Å²) in [6.45, 7) is 0. The zero-order valence-corrected chi connectivity index (χ0v) is 27.3. The second kappa shape index (κ2) is 20.2. The summed E-state index contributed by atoms with van der Waals surface area (Å²) in [5.74, 6) is -1.67. The van der Waals surface area contributed by atoms with Crippen LogP contribution in [0.1, 0.15) is 10.4 Å². The highest BCUT2D eigenvalue weighted by atomic mass is 35.6. The fraction of sp³-hybridized carbons (Fsp3) is 0.0833. The van der Waals surface area contributed by atoms with E-state index in [1.54, 1.807) is 54.6 Å². The van der Waals surface area contributed by atoms with Gasteiger partial charge in [0, 0.05) is 0 Å². The Morgan fingerprint density at radius 1 is 0.889 bits per heavy atom. The number of alkyl halides is 3. The van der Waals surface area contributed by atoms with Gasteiger partial charge in [-0.1, -0.05) is 105 Å². The van der Waals surface area contributed by atoms with E-state index in [1.807, 2.05) is 12.1 Å². The summed E-state index contributed by atoms with van der Waals surface area (Å²) in [6.07, 6.45) is -1.15. The second-order valence-corrected chi connectivity index (χ2v) is 12.0. The third-order valence-electron chi connectivity index (χ3n) is 4.21. The first kappa shape index (κ1) is 42.1. The van der Waals surface area contributed by atoms with Gasteiger partial charge in [0.05, 0.1) is 37.7 Å². The first-order chi connectivity index (χ1) is 20.7. The standard InChI is InChI=1S/C8H7ClN2O2.C8H4ClNO2.C6H6ClN.C2H3Cl3O2.H2O4S/c9-6-3-1-2-4-7(6)11-8(12)5-10-13;9-5-3-1-2-4-6(5)10-8(12)7(4)11;7-5-3-1-2-4-6(5)8;3-2(4,5)1(6)7;1-5(2,3)4/h1-5,13H,(H,11,12);1-3H,(H,10,11,12);1-4H,8H2;1,6-7H;(H2,1,2,3,4)/b10-5-;;;;. The maximum atomic E-state index is 11.1. The Labute approximate surface area is 285 Å². The normalized spacial score (nSPS) is 11.7. The van der Waals surface area contributed by atoms with Crippen LogP contribution < -0.4 is 16.4 Å². The molecule has 1 aliphatic rings. The molecule has 3 aromatic carbocycles. The van der Waals surface area contributed by atoms with E-state index in [9.17, 15) is 14.4 Å².